The first kappa shape index (κ1) is 19.6. The fourth-order valence-corrected chi connectivity index (χ4v) is 3.00. The van der Waals surface area contributed by atoms with Crippen LogP contribution in [0.25, 0.3) is 11.1 Å². The molecule has 3 aromatic heterocycles. The van der Waals surface area contributed by atoms with Crippen LogP contribution in [0.15, 0.2) is 42.9 Å². The van der Waals surface area contributed by atoms with Crippen LogP contribution in [0.1, 0.15) is 11.5 Å². The summed E-state index contributed by atoms with van der Waals surface area (Å²) in [5.74, 6) is -0.970. The summed E-state index contributed by atoms with van der Waals surface area (Å²) < 4.78 is 26.0. The van der Waals surface area contributed by atoms with E-state index in [1.54, 1.807) is 44.6 Å². The van der Waals surface area contributed by atoms with Gasteiger partial charge in [0.2, 0.25) is 0 Å². The van der Waals surface area contributed by atoms with Crippen molar-refractivity contribution in [3.63, 3.8) is 0 Å². The van der Waals surface area contributed by atoms with Crippen LogP contribution < -0.4 is 10.6 Å². The van der Waals surface area contributed by atoms with E-state index in [9.17, 15) is 13.6 Å². The number of aromatic nitrogens is 4. The number of alkyl halides is 2. The van der Waals surface area contributed by atoms with Gasteiger partial charge >= 0.3 is 6.03 Å². The van der Waals surface area contributed by atoms with E-state index >= 15 is 0 Å². The van der Waals surface area contributed by atoms with Gasteiger partial charge in [0.15, 0.2) is 0 Å². The first-order chi connectivity index (χ1) is 14.3. The normalized spacial score (nSPS) is 14.7. The Kier molecular flexibility index (Phi) is 4.98. The average Bonchev–Trinajstić information content (AvgIpc) is 2.68. The molecule has 10 heteroatoms. The fraction of sp³-hybridized carbons (Fsp3) is 0.250. The number of carbonyl (C=O) groups excluding carboxylic acids is 1. The van der Waals surface area contributed by atoms with Crippen LogP contribution in [0.4, 0.5) is 30.9 Å². The zero-order chi connectivity index (χ0) is 21.3. The van der Waals surface area contributed by atoms with Gasteiger partial charge in [-0.25, -0.2) is 28.5 Å². The molecule has 0 bridgehead atoms. The number of carbonyl (C=O) groups is 1. The summed E-state index contributed by atoms with van der Waals surface area (Å²) in [5.41, 5.74) is 2.61. The fourth-order valence-electron chi connectivity index (χ4n) is 3.00. The Bertz CT molecular complexity index is 1100. The molecule has 4 heterocycles. The van der Waals surface area contributed by atoms with Crippen molar-refractivity contribution in [2.75, 3.05) is 23.7 Å². The summed E-state index contributed by atoms with van der Waals surface area (Å²) in [5, 5.41) is 5.78. The van der Waals surface area contributed by atoms with Gasteiger partial charge in [-0.3, -0.25) is 4.98 Å². The number of pyridine rings is 2. The predicted octanol–water partition coefficient (Wildman–Crippen LogP) is 3.78. The Morgan fingerprint density at radius 3 is 2.53 bits per heavy atom. The molecular weight excluding hydrogens is 392 g/mol. The molecule has 1 aliphatic heterocycles. The van der Waals surface area contributed by atoms with Gasteiger partial charge in [-0.15, -0.1) is 0 Å². The summed E-state index contributed by atoms with van der Waals surface area (Å²) in [6.45, 7) is 2.38. The number of urea groups is 1. The molecule has 4 rings (SSSR count). The Morgan fingerprint density at radius 1 is 1.03 bits per heavy atom. The van der Waals surface area contributed by atoms with Crippen molar-refractivity contribution in [2.24, 2.45) is 0 Å². The van der Waals surface area contributed by atoms with Gasteiger partial charge in [-0.1, -0.05) is 0 Å². The molecule has 0 atom stereocenters. The summed E-state index contributed by atoms with van der Waals surface area (Å²) in [6.07, 6.45) is 4.98. The SMILES string of the molecule is Cc1nccc(Nc2cc(-c3cnc(C)c(NC(=O)N4CC(F)(F)C4)c3)ccn2)n1. The number of amides is 2. The van der Waals surface area contributed by atoms with Gasteiger partial charge in [-0.05, 0) is 43.7 Å². The highest BCUT2D eigenvalue weighted by Crippen LogP contribution is 2.29. The topological polar surface area (TPSA) is 95.9 Å². The van der Waals surface area contributed by atoms with Crippen molar-refractivity contribution in [3.8, 4) is 11.1 Å². The van der Waals surface area contributed by atoms with E-state index in [-0.39, 0.29) is 0 Å². The standard InChI is InChI=1S/C20H19F2N7O/c1-12-16(27-19(30)29-10-20(21,22)11-29)7-15(9-25-12)14-3-5-24-18(8-14)28-17-4-6-23-13(2)26-17/h3-9H,10-11H2,1-2H3,(H,27,30)(H,23,24,26,28). The molecule has 0 unspecified atom stereocenters. The lowest BCUT2D eigenvalue weighted by molar-refractivity contribution is -0.107. The number of nitrogens with one attached hydrogen (secondary N) is 2. The lowest BCUT2D eigenvalue weighted by atomic mass is 10.1. The summed E-state index contributed by atoms with van der Waals surface area (Å²) in [6, 6.07) is 6.56. The maximum absolute atomic E-state index is 13.0. The molecule has 1 fully saturated rings. The largest absolute Gasteiger partial charge is 0.325 e. The van der Waals surface area contributed by atoms with Crippen LogP contribution >= 0.6 is 0 Å². The maximum atomic E-state index is 13.0. The predicted molar refractivity (Wildman–Crippen MR) is 108 cm³/mol. The van der Waals surface area contributed by atoms with E-state index in [0.29, 0.717) is 28.8 Å². The minimum absolute atomic E-state index is 0.463. The monoisotopic (exact) mass is 411 g/mol. The molecule has 2 amide bonds. The lowest BCUT2D eigenvalue weighted by Gasteiger charge is -2.38. The number of nitrogens with zero attached hydrogens (tertiary/aromatic N) is 5. The maximum Gasteiger partial charge on any atom is 0.322 e. The van der Waals surface area contributed by atoms with Crippen molar-refractivity contribution in [3.05, 3.63) is 54.4 Å². The van der Waals surface area contributed by atoms with Gasteiger partial charge < -0.3 is 15.5 Å². The number of anilines is 3. The van der Waals surface area contributed by atoms with E-state index in [2.05, 4.69) is 30.6 Å². The third-order valence-electron chi connectivity index (χ3n) is 4.59. The zero-order valence-corrected chi connectivity index (χ0v) is 16.4. The number of aryl methyl sites for hydroxylation is 2. The highest BCUT2D eigenvalue weighted by molar-refractivity contribution is 5.91. The van der Waals surface area contributed by atoms with Gasteiger partial charge in [0.1, 0.15) is 17.5 Å². The van der Waals surface area contributed by atoms with Crippen LogP contribution in [0.2, 0.25) is 0 Å². The second-order valence-corrected chi connectivity index (χ2v) is 7.04. The van der Waals surface area contributed by atoms with Gasteiger partial charge in [0, 0.05) is 24.2 Å². The lowest BCUT2D eigenvalue weighted by Crippen LogP contribution is -2.59. The molecule has 30 heavy (non-hydrogen) atoms. The van der Waals surface area contributed by atoms with Crippen molar-refractivity contribution in [1.82, 2.24) is 24.8 Å². The Morgan fingerprint density at radius 2 is 1.80 bits per heavy atom. The van der Waals surface area contributed by atoms with Crippen molar-refractivity contribution >= 4 is 23.4 Å². The molecular formula is C20H19F2N7O. The second kappa shape index (κ2) is 7.62. The number of hydrogen-bond donors (Lipinski definition) is 2. The number of rotatable bonds is 4. The summed E-state index contributed by atoms with van der Waals surface area (Å²) in [4.78, 5) is 30.2. The van der Waals surface area contributed by atoms with Crippen LogP contribution in [-0.2, 0) is 0 Å². The number of likely N-dealkylation sites (tertiary alicyclic amines) is 1. The van der Waals surface area contributed by atoms with Crippen LogP contribution in [0, 0.1) is 13.8 Å². The van der Waals surface area contributed by atoms with E-state index < -0.39 is 25.0 Å². The third-order valence-corrected chi connectivity index (χ3v) is 4.59. The smallest absolute Gasteiger partial charge is 0.322 e. The van der Waals surface area contributed by atoms with Crippen LogP contribution in [0.3, 0.4) is 0 Å². The van der Waals surface area contributed by atoms with E-state index in [1.165, 1.54) is 0 Å². The molecule has 0 radical (unpaired) electrons. The Balaban J connectivity index is 1.53. The van der Waals surface area contributed by atoms with Crippen LogP contribution in [-0.4, -0.2) is 49.9 Å². The van der Waals surface area contributed by atoms with Crippen LogP contribution in [0.5, 0.6) is 0 Å². The molecule has 0 aliphatic carbocycles. The first-order valence-corrected chi connectivity index (χ1v) is 9.23. The number of hydrogen-bond acceptors (Lipinski definition) is 6. The summed E-state index contributed by atoms with van der Waals surface area (Å²) in [7, 11) is 0. The Hall–Kier alpha value is -3.69. The minimum Gasteiger partial charge on any atom is -0.325 e. The molecule has 0 spiro atoms. The third kappa shape index (κ3) is 4.32. The van der Waals surface area contributed by atoms with Crippen molar-refractivity contribution < 1.29 is 13.6 Å². The molecule has 154 valence electrons. The molecule has 2 N–H and O–H groups in total. The highest BCUT2D eigenvalue weighted by atomic mass is 19.3. The molecule has 0 saturated carbocycles. The van der Waals surface area contributed by atoms with Gasteiger partial charge in [0.05, 0.1) is 24.5 Å². The minimum atomic E-state index is -2.81. The quantitative estimate of drug-likeness (QED) is 0.678. The van der Waals surface area contributed by atoms with Gasteiger partial charge in [0.25, 0.3) is 5.92 Å². The van der Waals surface area contributed by atoms with Crippen molar-refractivity contribution in [1.29, 1.82) is 0 Å². The van der Waals surface area contributed by atoms with Gasteiger partial charge in [-0.2, -0.15) is 0 Å². The molecule has 8 nitrogen and oxygen atoms in total. The molecule has 3 aromatic rings. The first-order valence-electron chi connectivity index (χ1n) is 9.23. The molecule has 1 aliphatic rings. The Labute approximate surface area is 171 Å². The van der Waals surface area contributed by atoms with E-state index in [4.69, 9.17) is 0 Å². The van der Waals surface area contributed by atoms with E-state index in [0.717, 1.165) is 16.0 Å². The highest BCUT2D eigenvalue weighted by Gasteiger charge is 2.46. The molecule has 0 aromatic carbocycles. The number of halogens is 2. The molecule has 1 saturated heterocycles. The average molecular weight is 411 g/mol. The second-order valence-electron chi connectivity index (χ2n) is 7.04. The summed E-state index contributed by atoms with van der Waals surface area (Å²) >= 11 is 0. The van der Waals surface area contributed by atoms with Crippen molar-refractivity contribution in [2.45, 2.75) is 19.8 Å². The zero-order valence-electron chi connectivity index (χ0n) is 16.4. The van der Waals surface area contributed by atoms with E-state index in [1.807, 2.05) is 12.1 Å².